The van der Waals surface area contributed by atoms with Gasteiger partial charge in [0.05, 0.1) is 17.3 Å². The van der Waals surface area contributed by atoms with E-state index in [1.165, 1.54) is 0 Å². The number of fused-ring (bicyclic) bond motifs is 1. The number of ether oxygens (including phenoxy) is 1. The highest BCUT2D eigenvalue weighted by molar-refractivity contribution is 5.78. The summed E-state index contributed by atoms with van der Waals surface area (Å²) in [4.78, 5) is 18.7. The lowest BCUT2D eigenvalue weighted by atomic mass is 10.1. The van der Waals surface area contributed by atoms with E-state index in [-0.39, 0.29) is 12.1 Å². The Hall–Kier alpha value is -2.14. The number of carbonyl (C=O) groups is 1. The minimum absolute atomic E-state index is 0.0286. The molecule has 1 aromatic heterocycles. The topological polar surface area (TPSA) is 54.5 Å². The lowest BCUT2D eigenvalue weighted by molar-refractivity contribution is 0.0194. The summed E-state index contributed by atoms with van der Waals surface area (Å²) in [5, 5.41) is 4.56. The third-order valence-electron chi connectivity index (χ3n) is 3.80. The minimum Gasteiger partial charge on any atom is -0.444 e. The number of aromatic nitrogens is 1. The van der Waals surface area contributed by atoms with Crippen molar-refractivity contribution in [1.82, 2.24) is 15.2 Å². The fourth-order valence-electron chi connectivity index (χ4n) is 2.72. The Bertz CT molecular complexity index is 709. The number of rotatable bonds is 1. The van der Waals surface area contributed by atoms with Crippen molar-refractivity contribution in [2.24, 2.45) is 0 Å². The first-order valence-electron chi connectivity index (χ1n) is 7.99. The van der Waals surface area contributed by atoms with Crippen molar-refractivity contribution in [2.75, 3.05) is 19.6 Å². The molecule has 1 unspecified atom stereocenters. The Balaban J connectivity index is 1.75. The van der Waals surface area contributed by atoms with Gasteiger partial charge in [0.15, 0.2) is 0 Å². The van der Waals surface area contributed by atoms with Crippen LogP contribution in [0.25, 0.3) is 10.9 Å². The van der Waals surface area contributed by atoms with Gasteiger partial charge in [-0.2, -0.15) is 0 Å². The molecule has 1 fully saturated rings. The number of para-hydroxylation sites is 1. The summed E-state index contributed by atoms with van der Waals surface area (Å²) in [5.41, 5.74) is 1.46. The van der Waals surface area contributed by atoms with Crippen LogP contribution in [-0.4, -0.2) is 41.2 Å². The summed E-state index contributed by atoms with van der Waals surface area (Å²) in [6.45, 7) is 7.61. The van der Waals surface area contributed by atoms with Crippen molar-refractivity contribution in [1.29, 1.82) is 0 Å². The molecule has 0 spiro atoms. The summed E-state index contributed by atoms with van der Waals surface area (Å²) < 4.78 is 5.47. The van der Waals surface area contributed by atoms with Crippen LogP contribution in [0.5, 0.6) is 0 Å². The Morgan fingerprint density at radius 1 is 1.26 bits per heavy atom. The molecule has 1 aliphatic rings. The van der Waals surface area contributed by atoms with E-state index in [0.717, 1.165) is 23.1 Å². The van der Waals surface area contributed by atoms with Crippen molar-refractivity contribution in [3.05, 3.63) is 42.1 Å². The standard InChI is InChI=1S/C18H23N3O2/c1-18(2,3)23-17(22)21-11-10-19-16(12-21)15-9-8-13-6-4-5-7-14(13)20-15/h4-9,16,19H,10-12H2,1-3H3. The average Bonchev–Trinajstić information content (AvgIpc) is 2.53. The molecule has 1 aromatic carbocycles. The average molecular weight is 313 g/mol. The van der Waals surface area contributed by atoms with Gasteiger partial charge in [0.2, 0.25) is 0 Å². The van der Waals surface area contributed by atoms with Gasteiger partial charge in [-0.05, 0) is 32.9 Å². The van der Waals surface area contributed by atoms with Crippen LogP contribution in [0.1, 0.15) is 32.5 Å². The molecule has 1 atom stereocenters. The Morgan fingerprint density at radius 3 is 2.83 bits per heavy atom. The molecule has 2 aromatic rings. The van der Waals surface area contributed by atoms with Gasteiger partial charge in [0.1, 0.15) is 5.60 Å². The summed E-state index contributed by atoms with van der Waals surface area (Å²) >= 11 is 0. The highest BCUT2D eigenvalue weighted by Gasteiger charge is 2.28. The predicted molar refractivity (Wildman–Crippen MR) is 90.3 cm³/mol. The second kappa shape index (κ2) is 6.16. The second-order valence-electron chi connectivity index (χ2n) is 6.86. The number of hydrogen-bond acceptors (Lipinski definition) is 4. The zero-order valence-corrected chi connectivity index (χ0v) is 13.9. The van der Waals surface area contributed by atoms with Gasteiger partial charge >= 0.3 is 6.09 Å². The number of benzene rings is 1. The first kappa shape index (κ1) is 15.7. The van der Waals surface area contributed by atoms with E-state index in [2.05, 4.69) is 11.4 Å². The van der Waals surface area contributed by atoms with Crippen molar-refractivity contribution >= 4 is 17.0 Å². The second-order valence-corrected chi connectivity index (χ2v) is 6.86. The molecule has 23 heavy (non-hydrogen) atoms. The smallest absolute Gasteiger partial charge is 0.410 e. The third kappa shape index (κ3) is 3.79. The van der Waals surface area contributed by atoms with Gasteiger partial charge in [0.25, 0.3) is 0 Å². The number of amides is 1. The zero-order valence-electron chi connectivity index (χ0n) is 13.9. The molecule has 0 radical (unpaired) electrons. The molecule has 122 valence electrons. The van der Waals surface area contributed by atoms with E-state index in [1.54, 1.807) is 4.90 Å². The maximum atomic E-state index is 12.3. The van der Waals surface area contributed by atoms with E-state index in [0.29, 0.717) is 13.1 Å². The predicted octanol–water partition coefficient (Wildman–Crippen LogP) is 3.12. The number of piperazine rings is 1. The quantitative estimate of drug-likeness (QED) is 0.879. The normalized spacial score (nSPS) is 18.9. The van der Waals surface area contributed by atoms with Gasteiger partial charge in [-0.15, -0.1) is 0 Å². The maximum absolute atomic E-state index is 12.3. The van der Waals surface area contributed by atoms with Crippen LogP contribution in [-0.2, 0) is 4.74 Å². The molecule has 5 nitrogen and oxygen atoms in total. The third-order valence-corrected chi connectivity index (χ3v) is 3.80. The van der Waals surface area contributed by atoms with Crippen LogP contribution in [0, 0.1) is 0 Å². The highest BCUT2D eigenvalue weighted by atomic mass is 16.6. The van der Waals surface area contributed by atoms with Crippen molar-refractivity contribution in [3.8, 4) is 0 Å². The van der Waals surface area contributed by atoms with E-state index in [4.69, 9.17) is 9.72 Å². The van der Waals surface area contributed by atoms with Crippen LogP contribution in [0.15, 0.2) is 36.4 Å². The fourth-order valence-corrected chi connectivity index (χ4v) is 2.72. The minimum atomic E-state index is -0.474. The lowest BCUT2D eigenvalue weighted by Gasteiger charge is -2.34. The SMILES string of the molecule is CC(C)(C)OC(=O)N1CCNC(c2ccc3ccccc3n2)C1. The number of pyridine rings is 1. The molecule has 3 rings (SSSR count). The Kier molecular flexibility index (Phi) is 4.22. The largest absolute Gasteiger partial charge is 0.444 e. The van der Waals surface area contributed by atoms with E-state index in [1.807, 2.05) is 51.1 Å². The van der Waals surface area contributed by atoms with Crippen molar-refractivity contribution in [2.45, 2.75) is 32.4 Å². The number of nitrogens with one attached hydrogen (secondary N) is 1. The fraction of sp³-hybridized carbons (Fsp3) is 0.444. The van der Waals surface area contributed by atoms with Gasteiger partial charge in [-0.3, -0.25) is 4.98 Å². The molecule has 0 saturated carbocycles. The Morgan fingerprint density at radius 2 is 2.04 bits per heavy atom. The van der Waals surface area contributed by atoms with Crippen LogP contribution in [0.3, 0.4) is 0 Å². The zero-order chi connectivity index (χ0) is 16.4. The molecule has 0 bridgehead atoms. The molecule has 1 amide bonds. The molecule has 0 aliphatic carbocycles. The van der Waals surface area contributed by atoms with Gasteiger partial charge in [-0.25, -0.2) is 4.79 Å². The van der Waals surface area contributed by atoms with E-state index < -0.39 is 5.60 Å². The van der Waals surface area contributed by atoms with E-state index >= 15 is 0 Å². The van der Waals surface area contributed by atoms with Crippen molar-refractivity contribution in [3.63, 3.8) is 0 Å². The number of hydrogen-bond donors (Lipinski definition) is 1. The number of nitrogens with zero attached hydrogens (tertiary/aromatic N) is 2. The monoisotopic (exact) mass is 313 g/mol. The van der Waals surface area contributed by atoms with Gasteiger partial charge < -0.3 is 15.0 Å². The molecular formula is C18H23N3O2. The van der Waals surface area contributed by atoms with Crippen LogP contribution >= 0.6 is 0 Å². The molecule has 1 N–H and O–H groups in total. The van der Waals surface area contributed by atoms with Gasteiger partial charge in [0, 0.05) is 25.0 Å². The molecule has 1 aliphatic heterocycles. The van der Waals surface area contributed by atoms with E-state index in [9.17, 15) is 4.79 Å². The Labute approximate surface area is 136 Å². The molecule has 2 heterocycles. The first-order chi connectivity index (χ1) is 10.9. The van der Waals surface area contributed by atoms with Crippen LogP contribution in [0.2, 0.25) is 0 Å². The molecular weight excluding hydrogens is 290 g/mol. The van der Waals surface area contributed by atoms with Crippen LogP contribution in [0.4, 0.5) is 4.79 Å². The maximum Gasteiger partial charge on any atom is 0.410 e. The molecule has 1 saturated heterocycles. The highest BCUT2D eigenvalue weighted by Crippen LogP contribution is 2.20. The molecule has 5 heteroatoms. The van der Waals surface area contributed by atoms with Gasteiger partial charge in [-0.1, -0.05) is 24.3 Å². The summed E-state index contributed by atoms with van der Waals surface area (Å²) in [6, 6.07) is 12.2. The summed E-state index contributed by atoms with van der Waals surface area (Å²) in [7, 11) is 0. The van der Waals surface area contributed by atoms with Crippen molar-refractivity contribution < 1.29 is 9.53 Å². The van der Waals surface area contributed by atoms with Crippen LogP contribution < -0.4 is 5.32 Å². The summed E-state index contributed by atoms with van der Waals surface area (Å²) in [5.74, 6) is 0. The number of carbonyl (C=O) groups excluding carboxylic acids is 1. The lowest BCUT2D eigenvalue weighted by Crippen LogP contribution is -2.49. The summed E-state index contributed by atoms with van der Waals surface area (Å²) in [6.07, 6.45) is -0.259. The first-order valence-corrected chi connectivity index (χ1v) is 7.99.